The maximum Gasteiger partial charge on any atom is 0.359 e. The second-order valence-corrected chi connectivity index (χ2v) is 7.78. The number of aliphatic carboxylic acids is 1. The lowest BCUT2D eigenvalue weighted by atomic mass is 10.1. The molecule has 2 atom stereocenters. The summed E-state index contributed by atoms with van der Waals surface area (Å²) in [6.07, 6.45) is 2.61. The molecule has 0 radical (unpaired) electrons. The van der Waals surface area contributed by atoms with Crippen LogP contribution in [-0.4, -0.2) is 28.0 Å². The van der Waals surface area contributed by atoms with Crippen LogP contribution in [-0.2, 0) is 27.1 Å². The van der Waals surface area contributed by atoms with Crippen LogP contribution in [0, 0.1) is 0 Å². The number of nitrogens with one attached hydrogen (secondary N) is 1. The predicted octanol–water partition coefficient (Wildman–Crippen LogP) is 2.82. The van der Waals surface area contributed by atoms with E-state index in [0.29, 0.717) is 22.0 Å². The molecule has 1 aromatic rings. The van der Waals surface area contributed by atoms with Crippen LogP contribution in [0.4, 0.5) is 0 Å². The SMILES string of the molecule is O=C(Cc1ccc(Cl)cc1Cl)N[S+]1CCCCC1C(=O)O. The molecule has 4 nitrogen and oxygen atoms in total. The van der Waals surface area contributed by atoms with Crippen LogP contribution in [0.25, 0.3) is 0 Å². The minimum absolute atomic E-state index is 0.131. The molecule has 0 aliphatic carbocycles. The summed E-state index contributed by atoms with van der Waals surface area (Å²) in [5, 5.41) is 9.70. The number of carboxylic acids is 1. The fourth-order valence-electron chi connectivity index (χ4n) is 2.26. The Hall–Kier alpha value is -0.910. The molecule has 1 aliphatic rings. The van der Waals surface area contributed by atoms with E-state index >= 15 is 0 Å². The average molecular weight is 349 g/mol. The number of hydrogen-bond donors (Lipinski definition) is 2. The van der Waals surface area contributed by atoms with Gasteiger partial charge in [0.1, 0.15) is 16.8 Å². The topological polar surface area (TPSA) is 66.4 Å². The molecular weight excluding hydrogens is 333 g/mol. The fraction of sp³-hybridized carbons (Fsp3) is 0.429. The van der Waals surface area contributed by atoms with Crippen LogP contribution in [0.2, 0.25) is 10.0 Å². The van der Waals surface area contributed by atoms with Crippen LogP contribution in [0.5, 0.6) is 0 Å². The van der Waals surface area contributed by atoms with E-state index in [4.69, 9.17) is 23.2 Å². The number of rotatable bonds is 4. The van der Waals surface area contributed by atoms with Gasteiger partial charge in [-0.25, -0.2) is 4.79 Å². The molecule has 21 heavy (non-hydrogen) atoms. The molecular formula is C14H16Cl2NO3S+. The number of carboxylic acid groups (broad SMARTS) is 1. The van der Waals surface area contributed by atoms with Crippen LogP contribution >= 0.6 is 23.2 Å². The highest BCUT2D eigenvalue weighted by Gasteiger charge is 2.41. The Morgan fingerprint density at radius 2 is 2.10 bits per heavy atom. The molecule has 0 bridgehead atoms. The lowest BCUT2D eigenvalue weighted by molar-refractivity contribution is -0.136. The summed E-state index contributed by atoms with van der Waals surface area (Å²) in [6, 6.07) is 4.98. The molecule has 1 amide bonds. The normalized spacial score (nSPS) is 21.8. The smallest absolute Gasteiger partial charge is 0.359 e. The van der Waals surface area contributed by atoms with Gasteiger partial charge in [-0.2, -0.15) is 4.72 Å². The van der Waals surface area contributed by atoms with Gasteiger partial charge >= 0.3 is 5.97 Å². The first-order valence-electron chi connectivity index (χ1n) is 6.63. The predicted molar refractivity (Wildman–Crippen MR) is 85.8 cm³/mol. The van der Waals surface area contributed by atoms with Gasteiger partial charge in [0.25, 0.3) is 5.91 Å². The van der Waals surface area contributed by atoms with E-state index < -0.39 is 22.3 Å². The molecule has 1 fully saturated rings. The number of carbonyl (C=O) groups is 2. The minimum atomic E-state index is -0.831. The summed E-state index contributed by atoms with van der Waals surface area (Å²) in [6.45, 7) is 0. The van der Waals surface area contributed by atoms with Crippen molar-refractivity contribution in [3.05, 3.63) is 33.8 Å². The molecule has 1 heterocycles. The molecule has 2 rings (SSSR count). The molecule has 0 aromatic heterocycles. The number of hydrogen-bond acceptors (Lipinski definition) is 2. The summed E-state index contributed by atoms with van der Waals surface area (Å²) in [5.74, 6) is -0.296. The van der Waals surface area contributed by atoms with Gasteiger partial charge < -0.3 is 5.11 Å². The summed E-state index contributed by atoms with van der Waals surface area (Å²) < 4.78 is 2.86. The van der Waals surface area contributed by atoms with E-state index in [0.717, 1.165) is 18.6 Å². The average Bonchev–Trinajstić information content (AvgIpc) is 2.42. The Morgan fingerprint density at radius 3 is 2.76 bits per heavy atom. The lowest BCUT2D eigenvalue weighted by Crippen LogP contribution is -2.46. The Bertz CT molecular complexity index is 553. The number of carbonyl (C=O) groups excluding carboxylic acids is 1. The van der Waals surface area contributed by atoms with Crippen molar-refractivity contribution in [3.63, 3.8) is 0 Å². The minimum Gasteiger partial charge on any atom is -0.477 e. The van der Waals surface area contributed by atoms with Gasteiger partial charge in [0, 0.05) is 16.5 Å². The van der Waals surface area contributed by atoms with Crippen LogP contribution in [0.3, 0.4) is 0 Å². The van der Waals surface area contributed by atoms with Gasteiger partial charge in [-0.05, 0) is 30.5 Å². The molecule has 2 N–H and O–H groups in total. The summed E-state index contributed by atoms with van der Waals surface area (Å²) in [7, 11) is 0. The molecule has 1 saturated heterocycles. The molecule has 1 aliphatic heterocycles. The number of amides is 1. The molecule has 0 spiro atoms. The zero-order valence-electron chi connectivity index (χ0n) is 11.3. The first kappa shape index (κ1) is 16.5. The Morgan fingerprint density at radius 1 is 1.33 bits per heavy atom. The molecule has 2 unspecified atom stereocenters. The van der Waals surface area contributed by atoms with Crippen molar-refractivity contribution in [1.82, 2.24) is 4.72 Å². The standard InChI is InChI=1S/C14H15Cl2NO3S/c15-10-5-4-9(11(16)8-10)7-13(18)17-21-6-2-1-3-12(21)14(19)20/h4-5,8,12H,1-3,6-7H2,(H-,17,18,19,20)/p+1. The van der Waals surface area contributed by atoms with Crippen molar-refractivity contribution in [2.75, 3.05) is 5.75 Å². The monoisotopic (exact) mass is 348 g/mol. The maximum absolute atomic E-state index is 12.1. The molecule has 0 saturated carbocycles. The summed E-state index contributed by atoms with van der Waals surface area (Å²) in [4.78, 5) is 23.3. The first-order valence-corrected chi connectivity index (χ1v) is 8.84. The Balaban J connectivity index is 1.98. The van der Waals surface area contributed by atoms with E-state index in [1.165, 1.54) is 0 Å². The van der Waals surface area contributed by atoms with Crippen LogP contribution in [0.15, 0.2) is 18.2 Å². The van der Waals surface area contributed by atoms with Crippen molar-refractivity contribution in [3.8, 4) is 0 Å². The van der Waals surface area contributed by atoms with Crippen molar-refractivity contribution in [2.24, 2.45) is 0 Å². The highest BCUT2D eigenvalue weighted by Crippen LogP contribution is 2.23. The maximum atomic E-state index is 12.1. The third kappa shape index (κ3) is 4.53. The van der Waals surface area contributed by atoms with Gasteiger partial charge in [-0.3, -0.25) is 4.79 Å². The van der Waals surface area contributed by atoms with E-state index in [1.54, 1.807) is 18.2 Å². The summed E-state index contributed by atoms with van der Waals surface area (Å²) in [5.41, 5.74) is 0.686. The molecule has 1 aromatic carbocycles. The quantitative estimate of drug-likeness (QED) is 0.822. The first-order chi connectivity index (χ1) is 9.97. The third-order valence-corrected chi connectivity index (χ3v) is 6.24. The number of halogens is 2. The second-order valence-electron chi connectivity index (χ2n) is 4.89. The van der Waals surface area contributed by atoms with E-state index in [9.17, 15) is 14.7 Å². The second kappa shape index (κ2) is 7.38. The van der Waals surface area contributed by atoms with Crippen molar-refractivity contribution >= 4 is 46.2 Å². The third-order valence-electron chi connectivity index (χ3n) is 3.31. The van der Waals surface area contributed by atoms with Gasteiger partial charge in [0.15, 0.2) is 0 Å². The lowest BCUT2D eigenvalue weighted by Gasteiger charge is -2.19. The highest BCUT2D eigenvalue weighted by molar-refractivity contribution is 7.96. The van der Waals surface area contributed by atoms with E-state index in [-0.39, 0.29) is 12.3 Å². The molecule has 114 valence electrons. The van der Waals surface area contributed by atoms with Crippen molar-refractivity contribution in [2.45, 2.75) is 30.9 Å². The van der Waals surface area contributed by atoms with Gasteiger partial charge in [0.05, 0.1) is 6.42 Å². The van der Waals surface area contributed by atoms with Gasteiger partial charge in [0.2, 0.25) is 5.25 Å². The van der Waals surface area contributed by atoms with E-state index in [1.807, 2.05) is 0 Å². The fourth-order valence-corrected chi connectivity index (χ4v) is 4.84. The van der Waals surface area contributed by atoms with Crippen LogP contribution < -0.4 is 4.72 Å². The van der Waals surface area contributed by atoms with Crippen molar-refractivity contribution in [1.29, 1.82) is 0 Å². The Labute approximate surface area is 136 Å². The van der Waals surface area contributed by atoms with Gasteiger partial charge in [-0.1, -0.05) is 29.3 Å². The zero-order valence-corrected chi connectivity index (χ0v) is 13.6. The van der Waals surface area contributed by atoms with Crippen molar-refractivity contribution < 1.29 is 14.7 Å². The Kier molecular flexibility index (Phi) is 5.79. The molecule has 7 heteroatoms. The van der Waals surface area contributed by atoms with Gasteiger partial charge in [-0.15, -0.1) is 0 Å². The van der Waals surface area contributed by atoms with Crippen LogP contribution in [0.1, 0.15) is 24.8 Å². The zero-order chi connectivity index (χ0) is 15.4. The largest absolute Gasteiger partial charge is 0.477 e. The van der Waals surface area contributed by atoms with E-state index in [2.05, 4.69) is 4.72 Å². The highest BCUT2D eigenvalue weighted by atomic mass is 35.5. The summed E-state index contributed by atoms with van der Waals surface area (Å²) >= 11 is 11.3. The number of benzene rings is 1.